The van der Waals surface area contributed by atoms with E-state index in [1.165, 1.54) is 7.11 Å². The third kappa shape index (κ3) is 6.06. The van der Waals surface area contributed by atoms with Crippen LogP contribution < -0.4 is 10.1 Å². The SMILES string of the molecule is CCNC(=NCC(C)SC)N1CCN(Cc2ccc(OC)c(F)c2)CC1. The second-order valence-corrected chi connectivity index (χ2v) is 7.75. The number of nitrogens with one attached hydrogen (secondary N) is 1. The molecular formula is C19H31FN4OS. The van der Waals surface area contributed by atoms with E-state index in [4.69, 9.17) is 9.73 Å². The van der Waals surface area contributed by atoms with Crippen molar-refractivity contribution < 1.29 is 9.13 Å². The Morgan fingerprint density at radius 3 is 2.65 bits per heavy atom. The first-order chi connectivity index (χ1) is 12.6. The lowest BCUT2D eigenvalue weighted by Gasteiger charge is -2.36. The number of ether oxygens (including phenoxy) is 1. The Morgan fingerprint density at radius 1 is 1.35 bits per heavy atom. The second-order valence-electron chi connectivity index (χ2n) is 6.47. The van der Waals surface area contributed by atoms with Gasteiger partial charge in [-0.2, -0.15) is 11.8 Å². The fraction of sp³-hybridized carbons (Fsp3) is 0.632. The van der Waals surface area contributed by atoms with Gasteiger partial charge >= 0.3 is 0 Å². The van der Waals surface area contributed by atoms with Gasteiger partial charge in [0, 0.05) is 44.5 Å². The molecule has 1 atom stereocenters. The van der Waals surface area contributed by atoms with E-state index in [0.29, 0.717) is 11.0 Å². The minimum atomic E-state index is -0.298. The number of benzene rings is 1. The molecule has 5 nitrogen and oxygen atoms in total. The van der Waals surface area contributed by atoms with Gasteiger partial charge < -0.3 is 15.0 Å². The Balaban J connectivity index is 1.89. The lowest BCUT2D eigenvalue weighted by Crippen LogP contribution is -2.52. The summed E-state index contributed by atoms with van der Waals surface area (Å²) in [7, 11) is 1.49. The number of thioether (sulfide) groups is 1. The molecule has 1 N–H and O–H groups in total. The molecule has 1 aliphatic rings. The van der Waals surface area contributed by atoms with Crippen LogP contribution in [0.2, 0.25) is 0 Å². The molecule has 1 heterocycles. The Morgan fingerprint density at radius 2 is 2.08 bits per heavy atom. The molecule has 0 aliphatic carbocycles. The molecular weight excluding hydrogens is 351 g/mol. The molecule has 26 heavy (non-hydrogen) atoms. The van der Waals surface area contributed by atoms with Gasteiger partial charge in [-0.25, -0.2) is 4.39 Å². The number of guanidine groups is 1. The number of nitrogens with zero attached hydrogens (tertiary/aromatic N) is 3. The molecule has 0 amide bonds. The van der Waals surface area contributed by atoms with Gasteiger partial charge in [0.05, 0.1) is 13.7 Å². The fourth-order valence-electron chi connectivity index (χ4n) is 2.90. The normalized spacial score (nSPS) is 17.3. The van der Waals surface area contributed by atoms with Gasteiger partial charge in [-0.3, -0.25) is 9.89 Å². The maximum Gasteiger partial charge on any atom is 0.194 e. The van der Waals surface area contributed by atoms with Gasteiger partial charge in [0.1, 0.15) is 0 Å². The van der Waals surface area contributed by atoms with Crippen molar-refractivity contribution in [1.29, 1.82) is 0 Å². The smallest absolute Gasteiger partial charge is 0.194 e. The van der Waals surface area contributed by atoms with Crippen LogP contribution in [0.25, 0.3) is 0 Å². The zero-order chi connectivity index (χ0) is 18.9. The third-order valence-corrected chi connectivity index (χ3v) is 5.48. The lowest BCUT2D eigenvalue weighted by molar-refractivity contribution is 0.172. The van der Waals surface area contributed by atoms with Crippen LogP contribution in [0.15, 0.2) is 23.2 Å². The average molecular weight is 383 g/mol. The highest BCUT2D eigenvalue weighted by atomic mass is 32.2. The van der Waals surface area contributed by atoms with E-state index in [1.807, 2.05) is 17.8 Å². The number of hydrogen-bond acceptors (Lipinski definition) is 4. The Bertz CT molecular complexity index is 591. The van der Waals surface area contributed by atoms with Crippen molar-refractivity contribution in [3.63, 3.8) is 0 Å². The summed E-state index contributed by atoms with van der Waals surface area (Å²) in [4.78, 5) is 9.45. The van der Waals surface area contributed by atoms with Gasteiger partial charge in [-0.05, 0) is 30.9 Å². The summed E-state index contributed by atoms with van der Waals surface area (Å²) in [6.45, 7) is 10.5. The largest absolute Gasteiger partial charge is 0.494 e. The standard InChI is InChI=1S/C19H31FN4OS/c1-5-21-19(22-13-15(2)26-4)24-10-8-23(9-11-24)14-16-6-7-18(25-3)17(20)12-16/h6-7,12,15H,5,8-11,13-14H2,1-4H3,(H,21,22). The molecule has 1 aliphatic heterocycles. The highest BCUT2D eigenvalue weighted by Crippen LogP contribution is 2.19. The van der Waals surface area contributed by atoms with Crippen molar-refractivity contribution in [1.82, 2.24) is 15.1 Å². The van der Waals surface area contributed by atoms with Crippen LogP contribution in [-0.4, -0.2) is 73.6 Å². The first-order valence-electron chi connectivity index (χ1n) is 9.18. The minimum Gasteiger partial charge on any atom is -0.494 e. The van der Waals surface area contributed by atoms with Crippen LogP contribution in [0.1, 0.15) is 19.4 Å². The average Bonchev–Trinajstić information content (AvgIpc) is 2.65. The second kappa shape index (κ2) is 10.6. The van der Waals surface area contributed by atoms with Crippen LogP contribution in [0, 0.1) is 5.82 Å². The monoisotopic (exact) mass is 382 g/mol. The first kappa shape index (κ1) is 20.8. The highest BCUT2D eigenvalue weighted by molar-refractivity contribution is 7.99. The summed E-state index contributed by atoms with van der Waals surface area (Å²) in [6.07, 6.45) is 2.12. The number of piperazine rings is 1. The number of rotatable bonds is 7. The zero-order valence-electron chi connectivity index (χ0n) is 16.3. The summed E-state index contributed by atoms with van der Waals surface area (Å²) in [5, 5.41) is 3.92. The van der Waals surface area contributed by atoms with Crippen molar-refractivity contribution in [2.75, 3.05) is 52.6 Å². The summed E-state index contributed by atoms with van der Waals surface area (Å²) in [5.41, 5.74) is 0.978. The minimum absolute atomic E-state index is 0.296. The molecule has 0 bridgehead atoms. The van der Waals surface area contributed by atoms with E-state index in [2.05, 4.69) is 35.2 Å². The van der Waals surface area contributed by atoms with E-state index in [0.717, 1.165) is 57.3 Å². The van der Waals surface area contributed by atoms with Crippen molar-refractivity contribution in [3.05, 3.63) is 29.6 Å². The third-order valence-electron chi connectivity index (χ3n) is 4.53. The molecule has 1 saturated heterocycles. The number of methoxy groups -OCH3 is 1. The number of halogens is 1. The molecule has 0 aromatic heterocycles. The molecule has 2 rings (SSSR count). The summed E-state index contributed by atoms with van der Waals surface area (Å²) in [6, 6.07) is 5.20. The van der Waals surface area contributed by atoms with Crippen molar-refractivity contribution in [2.24, 2.45) is 4.99 Å². The molecule has 146 valence electrons. The topological polar surface area (TPSA) is 40.1 Å². The molecule has 1 unspecified atom stereocenters. The summed E-state index contributed by atoms with van der Waals surface area (Å²) >= 11 is 1.84. The van der Waals surface area contributed by atoms with E-state index in [9.17, 15) is 4.39 Å². The van der Waals surface area contributed by atoms with Crippen LogP contribution >= 0.6 is 11.8 Å². The molecule has 1 aromatic carbocycles. The molecule has 0 radical (unpaired) electrons. The van der Waals surface area contributed by atoms with Gasteiger partial charge in [-0.15, -0.1) is 0 Å². The number of hydrogen-bond donors (Lipinski definition) is 1. The van der Waals surface area contributed by atoms with Gasteiger partial charge in [0.15, 0.2) is 17.5 Å². The molecule has 0 saturated carbocycles. The Labute approximate surface area is 161 Å². The van der Waals surface area contributed by atoms with Crippen LogP contribution in [0.4, 0.5) is 4.39 Å². The highest BCUT2D eigenvalue weighted by Gasteiger charge is 2.20. The quantitative estimate of drug-likeness (QED) is 0.580. The lowest BCUT2D eigenvalue weighted by atomic mass is 10.2. The maximum atomic E-state index is 13.9. The van der Waals surface area contributed by atoms with Crippen LogP contribution in [0.3, 0.4) is 0 Å². The molecule has 1 fully saturated rings. The van der Waals surface area contributed by atoms with Crippen LogP contribution in [-0.2, 0) is 6.54 Å². The van der Waals surface area contributed by atoms with E-state index in [1.54, 1.807) is 12.1 Å². The van der Waals surface area contributed by atoms with Crippen LogP contribution in [0.5, 0.6) is 5.75 Å². The van der Waals surface area contributed by atoms with Gasteiger partial charge in [0.25, 0.3) is 0 Å². The number of aliphatic imine (C=N–C) groups is 1. The first-order valence-corrected chi connectivity index (χ1v) is 10.5. The maximum absolute atomic E-state index is 13.9. The van der Waals surface area contributed by atoms with Crippen molar-refractivity contribution in [2.45, 2.75) is 25.6 Å². The van der Waals surface area contributed by atoms with Crippen molar-refractivity contribution >= 4 is 17.7 Å². The van der Waals surface area contributed by atoms with Gasteiger partial charge in [0.2, 0.25) is 0 Å². The Hall–Kier alpha value is -1.47. The van der Waals surface area contributed by atoms with E-state index in [-0.39, 0.29) is 5.82 Å². The summed E-state index contributed by atoms with van der Waals surface area (Å²) in [5.74, 6) is 1.00. The Kier molecular flexibility index (Phi) is 8.51. The fourth-order valence-corrected chi connectivity index (χ4v) is 3.12. The zero-order valence-corrected chi connectivity index (χ0v) is 17.1. The molecule has 1 aromatic rings. The van der Waals surface area contributed by atoms with Crippen molar-refractivity contribution in [3.8, 4) is 5.75 Å². The van der Waals surface area contributed by atoms with E-state index >= 15 is 0 Å². The molecule has 0 spiro atoms. The predicted octanol–water partition coefficient (Wildman–Crippen LogP) is 2.67. The predicted molar refractivity (Wildman–Crippen MR) is 109 cm³/mol. The molecule has 7 heteroatoms. The summed E-state index contributed by atoms with van der Waals surface area (Å²) < 4.78 is 18.8. The van der Waals surface area contributed by atoms with E-state index < -0.39 is 0 Å². The van der Waals surface area contributed by atoms with Gasteiger partial charge in [-0.1, -0.05) is 13.0 Å².